The van der Waals surface area contributed by atoms with Crippen molar-refractivity contribution in [3.8, 4) is 5.75 Å². The summed E-state index contributed by atoms with van der Waals surface area (Å²) in [7, 11) is -0.465. The lowest BCUT2D eigenvalue weighted by molar-refractivity contribution is -0.0233. The molecule has 0 aliphatic carbocycles. The largest absolute Gasteiger partial charge is 0.498 e. The van der Waals surface area contributed by atoms with Crippen LogP contribution in [0.5, 0.6) is 5.75 Å². The quantitative estimate of drug-likeness (QED) is 0.689. The molecule has 2 aliphatic heterocycles. The van der Waals surface area contributed by atoms with Crippen molar-refractivity contribution < 1.29 is 23.6 Å². The van der Waals surface area contributed by atoms with Crippen molar-refractivity contribution in [3.63, 3.8) is 0 Å². The van der Waals surface area contributed by atoms with E-state index in [-0.39, 0.29) is 23.8 Å². The van der Waals surface area contributed by atoms with Crippen molar-refractivity contribution in [2.75, 3.05) is 13.2 Å². The van der Waals surface area contributed by atoms with Gasteiger partial charge in [-0.1, -0.05) is 18.2 Å². The first-order valence-corrected chi connectivity index (χ1v) is 11.1. The molecule has 0 spiro atoms. The molecule has 2 atom stereocenters. The molecule has 30 heavy (non-hydrogen) atoms. The first-order valence-electron chi connectivity index (χ1n) is 11.1. The minimum Gasteiger partial charge on any atom is -0.492 e. The van der Waals surface area contributed by atoms with Gasteiger partial charge in [-0.2, -0.15) is 0 Å². The van der Waals surface area contributed by atoms with Crippen LogP contribution in [0, 0.1) is 0 Å². The van der Waals surface area contributed by atoms with Crippen molar-refractivity contribution >= 4 is 18.7 Å². The number of ether oxygens (including phenoxy) is 2. The fourth-order valence-corrected chi connectivity index (χ4v) is 4.18. The first kappa shape index (κ1) is 22.9. The maximum absolute atomic E-state index is 12.7. The van der Waals surface area contributed by atoms with E-state index >= 15 is 0 Å². The zero-order chi connectivity index (χ0) is 21.9. The van der Waals surface area contributed by atoms with Crippen molar-refractivity contribution in [1.82, 2.24) is 4.90 Å². The Morgan fingerprint density at radius 2 is 2.00 bits per heavy atom. The van der Waals surface area contributed by atoms with Crippen molar-refractivity contribution in [2.45, 2.75) is 90.6 Å². The third-order valence-corrected chi connectivity index (χ3v) is 5.42. The molecule has 0 bridgehead atoms. The zero-order valence-electron chi connectivity index (χ0n) is 19.3. The van der Waals surface area contributed by atoms with E-state index in [1.54, 1.807) is 0 Å². The highest BCUT2D eigenvalue weighted by Gasteiger charge is 2.40. The highest BCUT2D eigenvalue weighted by molar-refractivity contribution is 6.62. The Hall–Kier alpha value is -1.73. The van der Waals surface area contributed by atoms with Crippen LogP contribution < -0.4 is 10.2 Å². The van der Waals surface area contributed by atoms with E-state index in [9.17, 15) is 4.79 Å². The third kappa shape index (κ3) is 6.14. The highest BCUT2D eigenvalue weighted by atomic mass is 16.6. The number of rotatable bonds is 4. The average molecular weight is 417 g/mol. The Kier molecular flexibility index (Phi) is 7.03. The van der Waals surface area contributed by atoms with E-state index in [1.807, 2.05) is 49.9 Å². The normalized spacial score (nSPS) is 24.5. The molecule has 166 valence electrons. The van der Waals surface area contributed by atoms with Gasteiger partial charge in [0.25, 0.3) is 0 Å². The van der Waals surface area contributed by atoms with Crippen molar-refractivity contribution in [2.24, 2.45) is 0 Å². The second-order valence-electron chi connectivity index (χ2n) is 10.0. The molecular weight excluding hydrogens is 381 g/mol. The van der Waals surface area contributed by atoms with Crippen LogP contribution in [0.4, 0.5) is 4.79 Å². The van der Waals surface area contributed by atoms with Gasteiger partial charge in [-0.25, -0.2) is 4.79 Å². The zero-order valence-corrected chi connectivity index (χ0v) is 19.3. The highest BCUT2D eigenvalue weighted by Crippen LogP contribution is 2.27. The fraction of sp³-hybridized carbons (Fsp3) is 0.696. The predicted octanol–water partition coefficient (Wildman–Crippen LogP) is 4.15. The number of hydrogen-bond acceptors (Lipinski definition) is 5. The monoisotopic (exact) mass is 417 g/mol. The molecule has 6 nitrogen and oxygen atoms in total. The number of hydrogen-bond donors (Lipinski definition) is 0. The molecule has 2 unspecified atom stereocenters. The number of para-hydroxylation sites is 1. The standard InChI is InChI=1S/C23H36BNO5/c1-17-15-23(5,6)30-24(29-17)19-12-7-8-13-20(19)27-16-18-11-9-10-14-25(18)21(26)28-22(2,3)4/h7-8,12-13,17-18H,9-11,14-16H2,1-6H3. The van der Waals surface area contributed by atoms with Crippen LogP contribution in [-0.4, -0.2) is 54.6 Å². The average Bonchev–Trinajstić information content (AvgIpc) is 2.64. The molecule has 2 heterocycles. The number of carbonyl (C=O) groups excluding carboxylic acids is 1. The number of piperidine rings is 1. The van der Waals surface area contributed by atoms with Gasteiger partial charge in [0.05, 0.1) is 11.6 Å². The van der Waals surface area contributed by atoms with E-state index < -0.39 is 12.7 Å². The summed E-state index contributed by atoms with van der Waals surface area (Å²) in [5.41, 5.74) is 0.120. The van der Waals surface area contributed by atoms with Gasteiger partial charge in [-0.05, 0) is 73.3 Å². The molecule has 2 saturated heterocycles. The van der Waals surface area contributed by atoms with Crippen LogP contribution in [-0.2, 0) is 14.0 Å². The fourth-order valence-electron chi connectivity index (χ4n) is 4.18. The molecule has 1 aromatic rings. The van der Waals surface area contributed by atoms with Crippen LogP contribution in [0.15, 0.2) is 24.3 Å². The topological polar surface area (TPSA) is 57.2 Å². The van der Waals surface area contributed by atoms with E-state index in [2.05, 4.69) is 20.8 Å². The molecule has 1 amide bonds. The van der Waals surface area contributed by atoms with Gasteiger partial charge in [0.1, 0.15) is 18.0 Å². The molecular formula is C23H36BNO5. The number of benzene rings is 1. The van der Waals surface area contributed by atoms with Gasteiger partial charge >= 0.3 is 13.2 Å². The maximum Gasteiger partial charge on any atom is 0.498 e. The molecule has 0 radical (unpaired) electrons. The van der Waals surface area contributed by atoms with Crippen LogP contribution in [0.1, 0.15) is 67.2 Å². The van der Waals surface area contributed by atoms with Gasteiger partial charge < -0.3 is 23.7 Å². The van der Waals surface area contributed by atoms with E-state index in [1.165, 1.54) is 0 Å². The second-order valence-corrected chi connectivity index (χ2v) is 10.0. The SMILES string of the molecule is CC1CC(C)(C)OB(c2ccccc2OCC2CCCCN2C(=O)OC(C)(C)C)O1. The maximum atomic E-state index is 12.7. The summed E-state index contributed by atoms with van der Waals surface area (Å²) in [5, 5.41) is 0. The third-order valence-electron chi connectivity index (χ3n) is 5.42. The molecule has 0 saturated carbocycles. The molecule has 3 rings (SSSR count). The van der Waals surface area contributed by atoms with Crippen LogP contribution >= 0.6 is 0 Å². The Morgan fingerprint density at radius 3 is 2.70 bits per heavy atom. The van der Waals surface area contributed by atoms with Crippen molar-refractivity contribution in [1.29, 1.82) is 0 Å². The number of nitrogens with zero attached hydrogens (tertiary/aromatic N) is 1. The second kappa shape index (κ2) is 9.19. The number of amides is 1. The Balaban J connectivity index is 1.70. The molecule has 1 aromatic carbocycles. The van der Waals surface area contributed by atoms with Gasteiger partial charge in [-0.15, -0.1) is 0 Å². The lowest BCUT2D eigenvalue weighted by Crippen LogP contribution is -2.52. The molecule has 0 aromatic heterocycles. The molecule has 2 fully saturated rings. The van der Waals surface area contributed by atoms with Gasteiger partial charge in [-0.3, -0.25) is 0 Å². The summed E-state index contributed by atoms with van der Waals surface area (Å²) in [6.07, 6.45) is 3.66. The summed E-state index contributed by atoms with van der Waals surface area (Å²) in [5.74, 6) is 0.738. The van der Waals surface area contributed by atoms with Crippen LogP contribution in [0.3, 0.4) is 0 Å². The first-order chi connectivity index (χ1) is 14.0. The van der Waals surface area contributed by atoms with E-state index in [4.69, 9.17) is 18.8 Å². The summed E-state index contributed by atoms with van der Waals surface area (Å²) in [6.45, 7) is 13.0. The van der Waals surface area contributed by atoms with Crippen LogP contribution in [0.25, 0.3) is 0 Å². The summed E-state index contributed by atoms with van der Waals surface area (Å²) >= 11 is 0. The smallest absolute Gasteiger partial charge is 0.492 e. The lowest BCUT2D eigenvalue weighted by atomic mass is 9.74. The lowest BCUT2D eigenvalue weighted by Gasteiger charge is -2.39. The van der Waals surface area contributed by atoms with Gasteiger partial charge in [0.2, 0.25) is 0 Å². The van der Waals surface area contributed by atoms with Gasteiger partial charge in [0, 0.05) is 18.1 Å². The van der Waals surface area contributed by atoms with Crippen molar-refractivity contribution in [3.05, 3.63) is 24.3 Å². The van der Waals surface area contributed by atoms with E-state index in [0.717, 1.165) is 36.9 Å². The summed E-state index contributed by atoms with van der Waals surface area (Å²) < 4.78 is 24.1. The summed E-state index contributed by atoms with van der Waals surface area (Å²) in [4.78, 5) is 14.5. The minimum atomic E-state index is -0.508. The Bertz CT molecular complexity index is 733. The molecule has 0 N–H and O–H groups in total. The summed E-state index contributed by atoms with van der Waals surface area (Å²) in [6, 6.07) is 7.83. The Labute approximate surface area is 181 Å². The van der Waals surface area contributed by atoms with Gasteiger partial charge in [0.15, 0.2) is 0 Å². The minimum absolute atomic E-state index is 0.00906. The van der Waals surface area contributed by atoms with Crippen LogP contribution in [0.2, 0.25) is 0 Å². The van der Waals surface area contributed by atoms with E-state index in [0.29, 0.717) is 13.2 Å². The number of likely N-dealkylation sites (tertiary alicyclic amines) is 1. The Morgan fingerprint density at radius 1 is 1.27 bits per heavy atom. The molecule has 7 heteroatoms. The predicted molar refractivity (Wildman–Crippen MR) is 118 cm³/mol. The molecule has 2 aliphatic rings. The number of carbonyl (C=O) groups is 1.